The first-order chi connectivity index (χ1) is 10.2. The van der Waals surface area contributed by atoms with Crippen LogP contribution in [0.1, 0.15) is 0 Å². The summed E-state index contributed by atoms with van der Waals surface area (Å²) in [6.45, 7) is 0. The number of hydrogen-bond donors (Lipinski definition) is 1. The van der Waals surface area contributed by atoms with Crippen LogP contribution in [0.15, 0.2) is 53.1 Å². The second-order valence-corrected chi connectivity index (χ2v) is 4.94. The number of hydrogen-bond acceptors (Lipinski definition) is 4. The molecule has 4 nitrogen and oxygen atoms in total. The summed E-state index contributed by atoms with van der Waals surface area (Å²) in [5, 5.41) is 4.54. The third kappa shape index (κ3) is 2.58. The van der Waals surface area contributed by atoms with E-state index in [4.69, 9.17) is 26.6 Å². The van der Waals surface area contributed by atoms with E-state index in [9.17, 15) is 0 Å². The Labute approximate surface area is 127 Å². The van der Waals surface area contributed by atoms with E-state index in [0.717, 1.165) is 22.4 Å². The van der Waals surface area contributed by atoms with Crippen LogP contribution < -0.4 is 10.5 Å². The molecule has 3 aromatic rings. The van der Waals surface area contributed by atoms with Gasteiger partial charge in [-0.25, -0.2) is 0 Å². The second kappa shape index (κ2) is 5.50. The number of nitrogens with two attached hydrogens (primary N) is 1. The topological polar surface area (TPSA) is 61.3 Å². The summed E-state index contributed by atoms with van der Waals surface area (Å²) >= 11 is 5.92. The predicted octanol–water partition coefficient (Wildman–Crippen LogP) is 4.25. The molecule has 0 aliphatic rings. The van der Waals surface area contributed by atoms with E-state index in [1.807, 2.05) is 36.4 Å². The van der Waals surface area contributed by atoms with Gasteiger partial charge < -0.3 is 15.0 Å². The summed E-state index contributed by atoms with van der Waals surface area (Å²) in [6, 6.07) is 14.9. The maximum atomic E-state index is 5.94. The number of aromatic nitrogens is 1. The van der Waals surface area contributed by atoms with Gasteiger partial charge in [-0.2, -0.15) is 0 Å². The van der Waals surface area contributed by atoms with Gasteiger partial charge in [-0.3, -0.25) is 0 Å². The minimum absolute atomic E-state index is 0.350. The highest BCUT2D eigenvalue weighted by molar-refractivity contribution is 6.30. The van der Waals surface area contributed by atoms with Crippen molar-refractivity contribution >= 4 is 17.4 Å². The van der Waals surface area contributed by atoms with Crippen molar-refractivity contribution in [2.45, 2.75) is 0 Å². The first-order valence-corrected chi connectivity index (χ1v) is 6.72. The molecule has 0 saturated heterocycles. The van der Waals surface area contributed by atoms with Crippen LogP contribution in [-0.4, -0.2) is 12.3 Å². The third-order valence-corrected chi connectivity index (χ3v) is 3.46. The Bertz CT molecular complexity index is 749. The molecule has 1 heterocycles. The Hall–Kier alpha value is -2.46. The molecule has 0 saturated carbocycles. The Morgan fingerprint density at radius 3 is 2.24 bits per heavy atom. The molecule has 0 aliphatic heterocycles. The summed E-state index contributed by atoms with van der Waals surface area (Å²) in [6.07, 6.45) is 0. The average Bonchev–Trinajstić information content (AvgIpc) is 2.90. The zero-order chi connectivity index (χ0) is 14.8. The first kappa shape index (κ1) is 13.5. The molecule has 0 fully saturated rings. The van der Waals surface area contributed by atoms with Gasteiger partial charge in [0.1, 0.15) is 5.75 Å². The van der Waals surface area contributed by atoms with Gasteiger partial charge in [0.15, 0.2) is 11.6 Å². The van der Waals surface area contributed by atoms with E-state index >= 15 is 0 Å². The molecule has 0 unspecified atom stereocenters. The van der Waals surface area contributed by atoms with E-state index in [-0.39, 0.29) is 0 Å². The highest BCUT2D eigenvalue weighted by Gasteiger charge is 2.17. The minimum Gasteiger partial charge on any atom is -0.497 e. The lowest BCUT2D eigenvalue weighted by molar-refractivity contribution is 0.414. The molecule has 0 aliphatic carbocycles. The van der Waals surface area contributed by atoms with E-state index < -0.39 is 0 Å². The Kier molecular flexibility index (Phi) is 3.54. The second-order valence-electron chi connectivity index (χ2n) is 4.51. The molecule has 0 bridgehead atoms. The lowest BCUT2D eigenvalue weighted by atomic mass is 10.0. The molecule has 0 spiro atoms. The normalized spacial score (nSPS) is 10.6. The molecule has 2 aromatic carbocycles. The van der Waals surface area contributed by atoms with Crippen molar-refractivity contribution in [3.63, 3.8) is 0 Å². The van der Waals surface area contributed by atoms with E-state index in [1.165, 1.54) is 0 Å². The minimum atomic E-state index is 0.350. The fourth-order valence-electron chi connectivity index (χ4n) is 2.14. The van der Waals surface area contributed by atoms with Gasteiger partial charge in [-0.05, 0) is 42.0 Å². The standard InChI is InChI=1S/C16H13ClN2O2/c1-20-13-8-4-11(5-9-13)15-14(16(18)19-21-15)10-2-6-12(17)7-3-10/h2-9H,1H3,(H2,18,19). The molecule has 106 valence electrons. The summed E-state index contributed by atoms with van der Waals surface area (Å²) < 4.78 is 10.5. The first-order valence-electron chi connectivity index (χ1n) is 6.34. The molecule has 5 heteroatoms. The zero-order valence-electron chi connectivity index (χ0n) is 11.3. The quantitative estimate of drug-likeness (QED) is 0.785. The Balaban J connectivity index is 2.09. The maximum absolute atomic E-state index is 5.94. The van der Waals surface area contributed by atoms with E-state index in [2.05, 4.69) is 5.16 Å². The number of methoxy groups -OCH3 is 1. The van der Waals surface area contributed by atoms with Crippen molar-refractivity contribution in [2.75, 3.05) is 12.8 Å². The fourth-order valence-corrected chi connectivity index (χ4v) is 2.26. The molecule has 3 rings (SSSR count). The molecule has 0 radical (unpaired) electrons. The number of benzene rings is 2. The number of ether oxygens (including phenoxy) is 1. The van der Waals surface area contributed by atoms with Crippen molar-refractivity contribution in [1.29, 1.82) is 0 Å². The smallest absolute Gasteiger partial charge is 0.176 e. The summed E-state index contributed by atoms with van der Waals surface area (Å²) in [4.78, 5) is 0. The van der Waals surface area contributed by atoms with Crippen LogP contribution in [0.3, 0.4) is 0 Å². The summed E-state index contributed by atoms with van der Waals surface area (Å²) in [5.74, 6) is 1.75. The molecule has 1 aromatic heterocycles. The van der Waals surface area contributed by atoms with Crippen LogP contribution in [0.5, 0.6) is 5.75 Å². The SMILES string of the molecule is COc1ccc(-c2onc(N)c2-c2ccc(Cl)cc2)cc1. The highest BCUT2D eigenvalue weighted by Crippen LogP contribution is 2.37. The van der Waals surface area contributed by atoms with Gasteiger partial charge in [0, 0.05) is 10.6 Å². The number of anilines is 1. The van der Waals surface area contributed by atoms with Crippen LogP contribution in [0.25, 0.3) is 22.5 Å². The predicted molar refractivity (Wildman–Crippen MR) is 83.3 cm³/mol. The van der Waals surface area contributed by atoms with Crippen molar-refractivity contribution in [3.05, 3.63) is 53.6 Å². The number of rotatable bonds is 3. The van der Waals surface area contributed by atoms with Crippen molar-refractivity contribution in [2.24, 2.45) is 0 Å². The Morgan fingerprint density at radius 2 is 1.62 bits per heavy atom. The number of halogens is 1. The van der Waals surface area contributed by atoms with Crippen LogP contribution in [0.2, 0.25) is 5.02 Å². The zero-order valence-corrected chi connectivity index (χ0v) is 12.1. The monoisotopic (exact) mass is 300 g/mol. The molecule has 0 amide bonds. The maximum Gasteiger partial charge on any atom is 0.176 e. The van der Waals surface area contributed by atoms with Gasteiger partial charge in [0.25, 0.3) is 0 Å². The van der Waals surface area contributed by atoms with Crippen LogP contribution >= 0.6 is 11.6 Å². The molecule has 0 atom stereocenters. The van der Waals surface area contributed by atoms with Gasteiger partial charge in [0.2, 0.25) is 0 Å². The van der Waals surface area contributed by atoms with Gasteiger partial charge in [-0.1, -0.05) is 28.9 Å². The van der Waals surface area contributed by atoms with Crippen molar-refractivity contribution in [1.82, 2.24) is 5.16 Å². The van der Waals surface area contributed by atoms with E-state index in [1.54, 1.807) is 19.2 Å². The number of nitrogens with zero attached hydrogens (tertiary/aromatic N) is 1. The lowest BCUT2D eigenvalue weighted by Gasteiger charge is -2.04. The Morgan fingerprint density at radius 1 is 1.00 bits per heavy atom. The van der Waals surface area contributed by atoms with Crippen LogP contribution in [0.4, 0.5) is 5.82 Å². The van der Waals surface area contributed by atoms with Gasteiger partial charge >= 0.3 is 0 Å². The summed E-state index contributed by atoms with van der Waals surface area (Å²) in [7, 11) is 1.63. The van der Waals surface area contributed by atoms with Crippen LogP contribution in [0, 0.1) is 0 Å². The largest absolute Gasteiger partial charge is 0.497 e. The van der Waals surface area contributed by atoms with E-state index in [0.29, 0.717) is 16.6 Å². The fraction of sp³-hybridized carbons (Fsp3) is 0.0625. The average molecular weight is 301 g/mol. The molecule has 2 N–H and O–H groups in total. The highest BCUT2D eigenvalue weighted by atomic mass is 35.5. The van der Waals surface area contributed by atoms with Crippen LogP contribution in [-0.2, 0) is 0 Å². The van der Waals surface area contributed by atoms with Gasteiger partial charge in [-0.15, -0.1) is 0 Å². The molecular formula is C16H13ClN2O2. The molecule has 21 heavy (non-hydrogen) atoms. The van der Waals surface area contributed by atoms with Crippen molar-refractivity contribution in [3.8, 4) is 28.2 Å². The number of nitrogen functional groups attached to an aromatic ring is 1. The van der Waals surface area contributed by atoms with Crippen molar-refractivity contribution < 1.29 is 9.26 Å². The third-order valence-electron chi connectivity index (χ3n) is 3.20. The summed E-state index contributed by atoms with van der Waals surface area (Å²) in [5.41, 5.74) is 8.49. The molecular weight excluding hydrogens is 288 g/mol. The van der Waals surface area contributed by atoms with Gasteiger partial charge in [0.05, 0.1) is 12.7 Å². The lowest BCUT2D eigenvalue weighted by Crippen LogP contribution is -1.89.